The molecule has 0 saturated heterocycles. The van der Waals surface area contributed by atoms with Crippen LogP contribution in [-0.2, 0) is 6.54 Å². The number of pyridine rings is 1. The molecule has 8 nitrogen and oxygen atoms in total. The second-order valence-electron chi connectivity index (χ2n) is 7.31. The van der Waals surface area contributed by atoms with Gasteiger partial charge < -0.3 is 24.3 Å². The molecular formula is C26H26N4O4. The number of fused-ring (bicyclic) bond motifs is 1. The molecule has 174 valence electrons. The highest BCUT2D eigenvalue weighted by Crippen LogP contribution is 2.34. The number of hydrogen-bond donors (Lipinski definition) is 1. The van der Waals surface area contributed by atoms with Crippen LogP contribution in [-0.4, -0.2) is 43.4 Å². The first-order chi connectivity index (χ1) is 16.6. The number of ether oxygens (including phenoxy) is 4. The van der Waals surface area contributed by atoms with Gasteiger partial charge in [0.15, 0.2) is 17.3 Å². The number of nitrogens with zero attached hydrogens (tertiary/aromatic N) is 3. The molecule has 0 unspecified atom stereocenters. The van der Waals surface area contributed by atoms with Crippen molar-refractivity contribution in [1.82, 2.24) is 15.0 Å². The molecule has 1 N–H and O–H groups in total. The number of anilines is 1. The highest BCUT2D eigenvalue weighted by molar-refractivity contribution is 5.92. The van der Waals surface area contributed by atoms with Crippen LogP contribution in [0.3, 0.4) is 0 Å². The first-order valence-corrected chi connectivity index (χ1v) is 10.6. The van der Waals surface area contributed by atoms with Crippen LogP contribution < -0.4 is 24.3 Å². The zero-order valence-electron chi connectivity index (χ0n) is 19.5. The SMILES string of the molecule is COc1cc(/C=C/c2nc(NCc3ccccn3)c3cc(OC)c(OC)cc3n2)cc(OC)c1. The standard InChI is InChI=1S/C26H26N4O4/c1-31-19-11-17(12-20(13-19)32-2)8-9-25-29-22-15-24(34-4)23(33-3)14-21(22)26(30-25)28-16-18-7-5-6-10-27-18/h5-15H,16H2,1-4H3,(H,28,29,30)/b9-8+. The van der Waals surface area contributed by atoms with Crippen molar-refractivity contribution in [3.63, 3.8) is 0 Å². The van der Waals surface area contributed by atoms with Gasteiger partial charge in [-0.2, -0.15) is 0 Å². The molecule has 2 heterocycles. The monoisotopic (exact) mass is 458 g/mol. The molecule has 0 aliphatic heterocycles. The molecule has 34 heavy (non-hydrogen) atoms. The summed E-state index contributed by atoms with van der Waals surface area (Å²) >= 11 is 0. The molecular weight excluding hydrogens is 432 g/mol. The number of aromatic nitrogens is 3. The van der Waals surface area contributed by atoms with Gasteiger partial charge in [0.05, 0.1) is 46.2 Å². The van der Waals surface area contributed by atoms with Gasteiger partial charge in [0.25, 0.3) is 0 Å². The summed E-state index contributed by atoms with van der Waals surface area (Å²) in [5.41, 5.74) is 2.52. The number of hydrogen-bond acceptors (Lipinski definition) is 8. The molecule has 0 spiro atoms. The Labute approximate surface area is 198 Å². The minimum absolute atomic E-state index is 0.511. The van der Waals surface area contributed by atoms with Crippen LogP contribution in [0.5, 0.6) is 23.0 Å². The minimum atomic E-state index is 0.511. The quantitative estimate of drug-likeness (QED) is 0.381. The second-order valence-corrected chi connectivity index (χ2v) is 7.31. The van der Waals surface area contributed by atoms with Crippen LogP contribution in [0.2, 0.25) is 0 Å². The molecule has 2 aromatic heterocycles. The largest absolute Gasteiger partial charge is 0.497 e. The Morgan fingerprint density at radius 3 is 2.18 bits per heavy atom. The maximum atomic E-state index is 5.48. The molecule has 8 heteroatoms. The van der Waals surface area contributed by atoms with Crippen LogP contribution in [0.15, 0.2) is 54.7 Å². The van der Waals surface area contributed by atoms with E-state index in [4.69, 9.17) is 28.9 Å². The summed E-state index contributed by atoms with van der Waals surface area (Å²) in [6.07, 6.45) is 5.52. The lowest BCUT2D eigenvalue weighted by molar-refractivity contribution is 0.356. The van der Waals surface area contributed by atoms with Crippen molar-refractivity contribution in [3.8, 4) is 23.0 Å². The van der Waals surface area contributed by atoms with Crippen LogP contribution in [0.1, 0.15) is 17.1 Å². The Morgan fingerprint density at radius 2 is 1.53 bits per heavy atom. The average Bonchev–Trinajstić information content (AvgIpc) is 2.89. The molecule has 0 fully saturated rings. The summed E-state index contributed by atoms with van der Waals surface area (Å²) in [6, 6.07) is 15.1. The van der Waals surface area contributed by atoms with Gasteiger partial charge in [-0.3, -0.25) is 4.98 Å². The van der Waals surface area contributed by atoms with E-state index >= 15 is 0 Å². The van der Waals surface area contributed by atoms with Crippen molar-refractivity contribution in [2.24, 2.45) is 0 Å². The number of methoxy groups -OCH3 is 4. The Morgan fingerprint density at radius 1 is 0.794 bits per heavy atom. The Bertz CT molecular complexity index is 1290. The van der Waals surface area contributed by atoms with Gasteiger partial charge in [-0.15, -0.1) is 0 Å². The van der Waals surface area contributed by atoms with E-state index in [1.54, 1.807) is 34.6 Å². The van der Waals surface area contributed by atoms with Gasteiger partial charge in [0, 0.05) is 23.7 Å². The third kappa shape index (κ3) is 5.17. The highest BCUT2D eigenvalue weighted by atomic mass is 16.5. The summed E-state index contributed by atoms with van der Waals surface area (Å²) in [7, 11) is 6.44. The van der Waals surface area contributed by atoms with Crippen molar-refractivity contribution < 1.29 is 18.9 Å². The summed E-state index contributed by atoms with van der Waals surface area (Å²) in [5, 5.41) is 4.20. The molecule has 0 aliphatic carbocycles. The van der Waals surface area contributed by atoms with E-state index < -0.39 is 0 Å². The maximum Gasteiger partial charge on any atom is 0.162 e. The van der Waals surface area contributed by atoms with Gasteiger partial charge >= 0.3 is 0 Å². The Hall–Kier alpha value is -4.33. The van der Waals surface area contributed by atoms with Crippen LogP contribution in [0, 0.1) is 0 Å². The molecule has 0 bridgehead atoms. The highest BCUT2D eigenvalue weighted by Gasteiger charge is 2.13. The maximum absolute atomic E-state index is 5.48. The fraction of sp³-hybridized carbons (Fsp3) is 0.192. The normalized spacial score (nSPS) is 10.9. The fourth-order valence-electron chi connectivity index (χ4n) is 3.46. The van der Waals surface area contributed by atoms with E-state index in [9.17, 15) is 0 Å². The molecule has 0 radical (unpaired) electrons. The Balaban J connectivity index is 1.75. The Kier molecular flexibility index (Phi) is 7.07. The topological polar surface area (TPSA) is 87.6 Å². The summed E-state index contributed by atoms with van der Waals surface area (Å²) < 4.78 is 21.7. The lowest BCUT2D eigenvalue weighted by atomic mass is 10.1. The van der Waals surface area contributed by atoms with Gasteiger partial charge in [0.1, 0.15) is 17.3 Å². The zero-order chi connectivity index (χ0) is 23.9. The third-order valence-corrected chi connectivity index (χ3v) is 5.18. The molecule has 0 atom stereocenters. The average molecular weight is 459 g/mol. The van der Waals surface area contributed by atoms with Crippen molar-refractivity contribution in [3.05, 3.63) is 71.8 Å². The van der Waals surface area contributed by atoms with Crippen molar-refractivity contribution in [2.75, 3.05) is 33.8 Å². The predicted octanol–water partition coefficient (Wildman–Crippen LogP) is 4.84. The first kappa shape index (κ1) is 22.8. The fourth-order valence-corrected chi connectivity index (χ4v) is 3.46. The first-order valence-electron chi connectivity index (χ1n) is 10.6. The van der Waals surface area contributed by atoms with Gasteiger partial charge in [-0.05, 0) is 42.0 Å². The molecule has 0 aliphatic rings. The van der Waals surface area contributed by atoms with E-state index in [-0.39, 0.29) is 0 Å². The van der Waals surface area contributed by atoms with Gasteiger partial charge in [-0.25, -0.2) is 9.97 Å². The van der Waals surface area contributed by atoms with Crippen LogP contribution in [0.4, 0.5) is 5.82 Å². The molecule has 4 rings (SSSR count). The van der Waals surface area contributed by atoms with E-state index in [2.05, 4.69) is 10.3 Å². The van der Waals surface area contributed by atoms with E-state index in [1.807, 2.05) is 60.7 Å². The number of rotatable bonds is 9. The van der Waals surface area contributed by atoms with Crippen LogP contribution in [0.25, 0.3) is 23.1 Å². The predicted molar refractivity (Wildman–Crippen MR) is 133 cm³/mol. The smallest absolute Gasteiger partial charge is 0.162 e. The summed E-state index contributed by atoms with van der Waals surface area (Å²) in [4.78, 5) is 13.9. The van der Waals surface area contributed by atoms with Crippen LogP contribution >= 0.6 is 0 Å². The lowest BCUT2D eigenvalue weighted by Crippen LogP contribution is -2.06. The van der Waals surface area contributed by atoms with E-state index in [1.165, 1.54) is 0 Å². The molecule has 0 amide bonds. The minimum Gasteiger partial charge on any atom is -0.497 e. The summed E-state index contributed by atoms with van der Waals surface area (Å²) in [5.74, 6) is 3.80. The third-order valence-electron chi connectivity index (χ3n) is 5.18. The molecule has 4 aromatic rings. The van der Waals surface area contributed by atoms with Crippen molar-refractivity contribution in [2.45, 2.75) is 6.54 Å². The lowest BCUT2D eigenvalue weighted by Gasteiger charge is -2.13. The van der Waals surface area contributed by atoms with Gasteiger partial charge in [0.2, 0.25) is 0 Å². The van der Waals surface area contributed by atoms with Crippen molar-refractivity contribution >= 4 is 28.9 Å². The van der Waals surface area contributed by atoms with Crippen molar-refractivity contribution in [1.29, 1.82) is 0 Å². The number of nitrogens with one attached hydrogen (secondary N) is 1. The number of benzene rings is 2. The zero-order valence-corrected chi connectivity index (χ0v) is 19.5. The second kappa shape index (κ2) is 10.5. The van der Waals surface area contributed by atoms with E-state index in [0.29, 0.717) is 41.2 Å². The van der Waals surface area contributed by atoms with E-state index in [0.717, 1.165) is 22.2 Å². The van der Waals surface area contributed by atoms with Gasteiger partial charge in [-0.1, -0.05) is 12.1 Å². The summed E-state index contributed by atoms with van der Waals surface area (Å²) in [6.45, 7) is 0.511. The molecule has 2 aromatic carbocycles. The molecule has 0 saturated carbocycles.